The zero-order valence-electron chi connectivity index (χ0n) is 21.1. The lowest BCUT2D eigenvalue weighted by atomic mass is 9.93. The fourth-order valence-electron chi connectivity index (χ4n) is 4.06. The van der Waals surface area contributed by atoms with Crippen molar-refractivity contribution in [1.29, 1.82) is 0 Å². The number of hydrogen-bond acceptors (Lipinski definition) is 2. The van der Waals surface area contributed by atoms with Crippen LogP contribution < -0.4 is 10.1 Å². The van der Waals surface area contributed by atoms with E-state index in [9.17, 15) is 4.79 Å². The molecule has 0 heterocycles. The average molecular weight is 514 g/mol. The standard InChI is InChI=1S/C29H34Cl2N2O2/c1-19(2)25-7-6-8-26(20(3)4)28(25)32-29(34)33(18-21-9-13-24(35-5)14-10-21)16-15-22-11-12-23(30)17-27(22)31/h6-14,17,19-20H,15-16,18H2,1-5H3,(H,32,34). The third-order valence-corrected chi connectivity index (χ3v) is 6.68. The van der Waals surface area contributed by atoms with Gasteiger partial charge in [0, 0.05) is 28.8 Å². The summed E-state index contributed by atoms with van der Waals surface area (Å²) in [7, 11) is 1.64. The molecule has 2 amide bonds. The molecule has 1 N–H and O–H groups in total. The van der Waals surface area contributed by atoms with Crippen LogP contribution >= 0.6 is 23.2 Å². The Bertz CT molecular complexity index is 1120. The predicted molar refractivity (Wildman–Crippen MR) is 147 cm³/mol. The van der Waals surface area contributed by atoms with Gasteiger partial charge >= 0.3 is 6.03 Å². The Hall–Kier alpha value is -2.69. The average Bonchev–Trinajstić information content (AvgIpc) is 2.82. The first kappa shape index (κ1) is 26.9. The molecular weight excluding hydrogens is 479 g/mol. The van der Waals surface area contributed by atoms with E-state index in [2.05, 4.69) is 51.2 Å². The van der Waals surface area contributed by atoms with Crippen LogP contribution in [0.4, 0.5) is 10.5 Å². The SMILES string of the molecule is COc1ccc(CN(CCc2ccc(Cl)cc2Cl)C(=O)Nc2c(C(C)C)cccc2C(C)C)cc1. The fraction of sp³-hybridized carbons (Fsp3) is 0.345. The molecule has 4 nitrogen and oxygen atoms in total. The van der Waals surface area contributed by atoms with Gasteiger partial charge in [0.2, 0.25) is 0 Å². The van der Waals surface area contributed by atoms with Crippen LogP contribution in [0.15, 0.2) is 60.7 Å². The van der Waals surface area contributed by atoms with Gasteiger partial charge in [0.15, 0.2) is 0 Å². The van der Waals surface area contributed by atoms with E-state index in [4.69, 9.17) is 27.9 Å². The Morgan fingerprint density at radius 3 is 2.11 bits per heavy atom. The van der Waals surface area contributed by atoms with E-state index < -0.39 is 0 Å². The van der Waals surface area contributed by atoms with Gasteiger partial charge < -0.3 is 15.0 Å². The van der Waals surface area contributed by atoms with Gasteiger partial charge in [-0.25, -0.2) is 4.79 Å². The van der Waals surface area contributed by atoms with Crippen molar-refractivity contribution >= 4 is 34.9 Å². The Balaban J connectivity index is 1.89. The number of hydrogen-bond donors (Lipinski definition) is 1. The van der Waals surface area contributed by atoms with E-state index in [-0.39, 0.29) is 17.9 Å². The topological polar surface area (TPSA) is 41.6 Å². The lowest BCUT2D eigenvalue weighted by molar-refractivity contribution is 0.209. The molecule has 6 heteroatoms. The number of rotatable bonds is 9. The molecule has 0 unspecified atom stereocenters. The quantitative estimate of drug-likeness (QED) is 0.312. The van der Waals surface area contributed by atoms with Gasteiger partial charge in [0.25, 0.3) is 0 Å². The molecule has 0 aliphatic carbocycles. The highest BCUT2D eigenvalue weighted by atomic mass is 35.5. The van der Waals surface area contributed by atoms with Crippen LogP contribution in [0.2, 0.25) is 10.0 Å². The minimum absolute atomic E-state index is 0.138. The van der Waals surface area contributed by atoms with Crippen molar-refractivity contribution in [2.75, 3.05) is 19.0 Å². The molecular formula is C29H34Cl2N2O2. The zero-order chi connectivity index (χ0) is 25.5. The van der Waals surface area contributed by atoms with Crippen LogP contribution in [0.25, 0.3) is 0 Å². The van der Waals surface area contributed by atoms with E-state index in [0.717, 1.165) is 33.7 Å². The van der Waals surface area contributed by atoms with Crippen molar-refractivity contribution in [3.63, 3.8) is 0 Å². The summed E-state index contributed by atoms with van der Waals surface area (Å²) in [5.41, 5.74) is 5.15. The summed E-state index contributed by atoms with van der Waals surface area (Å²) in [4.78, 5) is 15.5. The van der Waals surface area contributed by atoms with E-state index in [1.54, 1.807) is 13.2 Å². The normalized spacial score (nSPS) is 11.1. The minimum Gasteiger partial charge on any atom is -0.497 e. The van der Waals surface area contributed by atoms with Crippen LogP contribution in [0.5, 0.6) is 5.75 Å². The molecule has 3 aromatic carbocycles. The molecule has 0 aliphatic rings. The molecule has 35 heavy (non-hydrogen) atoms. The lowest BCUT2D eigenvalue weighted by Gasteiger charge is -2.26. The zero-order valence-corrected chi connectivity index (χ0v) is 22.6. The van der Waals surface area contributed by atoms with Crippen molar-refractivity contribution in [1.82, 2.24) is 4.90 Å². The number of benzene rings is 3. The van der Waals surface area contributed by atoms with Crippen LogP contribution in [0.1, 0.15) is 61.8 Å². The van der Waals surface area contributed by atoms with Crippen LogP contribution in [0.3, 0.4) is 0 Å². The monoisotopic (exact) mass is 512 g/mol. The van der Waals surface area contributed by atoms with Gasteiger partial charge in [-0.1, -0.05) is 87.3 Å². The summed E-state index contributed by atoms with van der Waals surface area (Å²) in [6, 6.07) is 19.4. The number of anilines is 1. The molecule has 0 saturated heterocycles. The van der Waals surface area contributed by atoms with Crippen LogP contribution in [0, 0.1) is 0 Å². The number of nitrogens with zero attached hydrogens (tertiary/aromatic N) is 1. The first-order valence-corrected chi connectivity index (χ1v) is 12.7. The van der Waals surface area contributed by atoms with Crippen molar-refractivity contribution < 1.29 is 9.53 Å². The van der Waals surface area contributed by atoms with Crippen molar-refractivity contribution in [3.8, 4) is 5.75 Å². The molecule has 0 spiro atoms. The fourth-order valence-corrected chi connectivity index (χ4v) is 4.57. The number of carbonyl (C=O) groups is 1. The van der Waals surface area contributed by atoms with Crippen molar-refractivity contribution in [2.45, 2.75) is 52.5 Å². The molecule has 0 atom stereocenters. The van der Waals surface area contributed by atoms with Gasteiger partial charge in [-0.05, 0) is 64.8 Å². The number of nitrogens with one attached hydrogen (secondary N) is 1. The predicted octanol–water partition coefficient (Wildman–Crippen LogP) is 8.53. The summed E-state index contributed by atoms with van der Waals surface area (Å²) in [6.45, 7) is 9.54. The number of para-hydroxylation sites is 1. The second kappa shape index (κ2) is 12.3. The molecule has 0 radical (unpaired) electrons. The summed E-state index contributed by atoms with van der Waals surface area (Å²) < 4.78 is 5.28. The summed E-state index contributed by atoms with van der Waals surface area (Å²) in [5.74, 6) is 1.35. The number of amides is 2. The lowest BCUT2D eigenvalue weighted by Crippen LogP contribution is -2.36. The molecule has 3 rings (SSSR count). The number of halogens is 2. The summed E-state index contributed by atoms with van der Waals surface area (Å²) in [5, 5.41) is 4.45. The maximum absolute atomic E-state index is 13.7. The maximum Gasteiger partial charge on any atom is 0.322 e. The van der Waals surface area contributed by atoms with E-state index >= 15 is 0 Å². The number of carbonyl (C=O) groups excluding carboxylic acids is 1. The molecule has 0 aliphatic heterocycles. The Labute approximate surface area is 219 Å². The van der Waals surface area contributed by atoms with Gasteiger partial charge in [-0.2, -0.15) is 0 Å². The molecule has 0 aromatic heterocycles. The number of ether oxygens (including phenoxy) is 1. The van der Waals surface area contributed by atoms with E-state index in [1.165, 1.54) is 0 Å². The van der Waals surface area contributed by atoms with E-state index in [1.807, 2.05) is 41.3 Å². The molecule has 3 aromatic rings. The summed E-state index contributed by atoms with van der Waals surface area (Å²) in [6.07, 6.45) is 0.614. The minimum atomic E-state index is -0.138. The highest BCUT2D eigenvalue weighted by molar-refractivity contribution is 6.35. The van der Waals surface area contributed by atoms with Gasteiger partial charge in [-0.15, -0.1) is 0 Å². The highest BCUT2D eigenvalue weighted by Gasteiger charge is 2.20. The third kappa shape index (κ3) is 7.16. The third-order valence-electron chi connectivity index (χ3n) is 6.09. The van der Waals surface area contributed by atoms with Gasteiger partial charge in [0.05, 0.1) is 7.11 Å². The van der Waals surface area contributed by atoms with E-state index in [0.29, 0.717) is 29.6 Å². The first-order valence-electron chi connectivity index (χ1n) is 11.9. The Kier molecular flexibility index (Phi) is 9.47. The van der Waals surface area contributed by atoms with Crippen LogP contribution in [-0.2, 0) is 13.0 Å². The second-order valence-corrected chi connectivity index (χ2v) is 10.2. The molecule has 0 saturated carbocycles. The van der Waals surface area contributed by atoms with Gasteiger partial charge in [-0.3, -0.25) is 0 Å². The Morgan fingerprint density at radius 1 is 0.943 bits per heavy atom. The first-order chi connectivity index (χ1) is 16.7. The largest absolute Gasteiger partial charge is 0.497 e. The maximum atomic E-state index is 13.7. The van der Waals surface area contributed by atoms with Crippen molar-refractivity contribution in [2.24, 2.45) is 0 Å². The highest BCUT2D eigenvalue weighted by Crippen LogP contribution is 2.33. The number of urea groups is 1. The Morgan fingerprint density at radius 2 is 1.57 bits per heavy atom. The second-order valence-electron chi connectivity index (χ2n) is 9.31. The smallest absolute Gasteiger partial charge is 0.322 e. The van der Waals surface area contributed by atoms with Crippen molar-refractivity contribution in [3.05, 3.63) is 93.0 Å². The van der Waals surface area contributed by atoms with Gasteiger partial charge in [0.1, 0.15) is 5.75 Å². The molecule has 0 bridgehead atoms. The summed E-state index contributed by atoms with van der Waals surface area (Å²) >= 11 is 12.5. The molecule has 0 fully saturated rings. The molecule has 186 valence electrons. The van der Waals surface area contributed by atoms with Crippen LogP contribution in [-0.4, -0.2) is 24.6 Å². The number of methoxy groups -OCH3 is 1.